The molecule has 0 atom stereocenters. The molecule has 0 aliphatic carbocycles. The van der Waals surface area contributed by atoms with E-state index in [2.05, 4.69) is 42.8 Å². The number of ether oxygens (including phenoxy) is 2. The highest BCUT2D eigenvalue weighted by molar-refractivity contribution is 9.10. The van der Waals surface area contributed by atoms with Gasteiger partial charge < -0.3 is 19.4 Å². The second-order valence-electron chi connectivity index (χ2n) is 7.24. The second kappa shape index (κ2) is 9.20. The fourth-order valence-electron chi connectivity index (χ4n) is 4.03. The summed E-state index contributed by atoms with van der Waals surface area (Å²) >= 11 is 3.61. The minimum Gasteiger partial charge on any atom is -0.496 e. The minimum absolute atomic E-state index is 0.299. The summed E-state index contributed by atoms with van der Waals surface area (Å²) in [5.74, 6) is 0.388. The quantitative estimate of drug-likeness (QED) is 0.550. The molecule has 30 heavy (non-hydrogen) atoms. The van der Waals surface area contributed by atoms with E-state index < -0.39 is 0 Å². The highest BCUT2D eigenvalue weighted by Gasteiger charge is 2.27. The van der Waals surface area contributed by atoms with E-state index in [1.165, 1.54) is 0 Å². The topological polar surface area (TPSA) is 55.7 Å². The van der Waals surface area contributed by atoms with Gasteiger partial charge in [-0.25, -0.2) is 4.79 Å². The van der Waals surface area contributed by atoms with Crippen LogP contribution in [0, 0.1) is 0 Å². The van der Waals surface area contributed by atoms with E-state index in [1.54, 1.807) is 7.11 Å². The second-order valence-corrected chi connectivity index (χ2v) is 8.10. The Hall–Kier alpha value is -2.35. The maximum atomic E-state index is 13.1. The normalized spacial score (nSPS) is 14.8. The lowest BCUT2D eigenvalue weighted by atomic mass is 10.1. The van der Waals surface area contributed by atoms with E-state index in [0.717, 1.165) is 52.9 Å². The molecule has 2 aromatic carbocycles. The molecule has 158 valence electrons. The Labute approximate surface area is 184 Å². The Morgan fingerprint density at radius 1 is 1.17 bits per heavy atom. The summed E-state index contributed by atoms with van der Waals surface area (Å²) in [6.07, 6.45) is 0. The van der Waals surface area contributed by atoms with E-state index in [1.807, 2.05) is 37.3 Å². The lowest BCUT2D eigenvalue weighted by Gasteiger charge is -2.28. The summed E-state index contributed by atoms with van der Waals surface area (Å²) in [7, 11) is 1.63. The molecule has 1 fully saturated rings. The van der Waals surface area contributed by atoms with Gasteiger partial charge in [-0.3, -0.25) is 4.90 Å². The van der Waals surface area contributed by atoms with Crippen molar-refractivity contribution in [1.82, 2.24) is 14.8 Å². The number of methoxy groups -OCH3 is 1. The van der Waals surface area contributed by atoms with Crippen molar-refractivity contribution in [2.45, 2.75) is 13.5 Å². The third-order valence-corrected chi connectivity index (χ3v) is 6.04. The van der Waals surface area contributed by atoms with Crippen molar-refractivity contribution in [3.8, 4) is 11.4 Å². The van der Waals surface area contributed by atoms with Crippen LogP contribution in [0.15, 0.2) is 46.9 Å². The fourth-order valence-corrected chi connectivity index (χ4v) is 4.52. The van der Waals surface area contributed by atoms with E-state index in [-0.39, 0.29) is 5.97 Å². The number of para-hydroxylation sites is 1. The molecule has 7 heteroatoms. The molecular weight excluding hydrogens is 446 g/mol. The van der Waals surface area contributed by atoms with Crippen LogP contribution in [-0.4, -0.2) is 55.3 Å². The number of nitrogens with one attached hydrogen (secondary N) is 1. The summed E-state index contributed by atoms with van der Waals surface area (Å²) in [6.45, 7) is 6.59. The van der Waals surface area contributed by atoms with Crippen LogP contribution in [-0.2, 0) is 11.3 Å². The Morgan fingerprint density at radius 3 is 2.57 bits per heavy atom. The number of carbonyl (C=O) groups is 1. The van der Waals surface area contributed by atoms with Crippen LogP contribution in [0.3, 0.4) is 0 Å². The number of aromatic nitrogens is 1. The zero-order valence-corrected chi connectivity index (χ0v) is 18.9. The van der Waals surface area contributed by atoms with Crippen LogP contribution in [0.1, 0.15) is 23.0 Å². The molecule has 1 aliphatic rings. The largest absolute Gasteiger partial charge is 0.496 e. The van der Waals surface area contributed by atoms with E-state index in [0.29, 0.717) is 24.5 Å². The lowest BCUT2D eigenvalue weighted by Crippen LogP contribution is -2.43. The van der Waals surface area contributed by atoms with Crippen LogP contribution in [0.25, 0.3) is 16.6 Å². The average molecular weight is 472 g/mol. The van der Waals surface area contributed by atoms with Crippen LogP contribution in [0.2, 0.25) is 0 Å². The van der Waals surface area contributed by atoms with Crippen LogP contribution >= 0.6 is 15.9 Å². The molecule has 1 aliphatic heterocycles. The summed E-state index contributed by atoms with van der Waals surface area (Å²) in [4.78, 5) is 15.5. The van der Waals surface area contributed by atoms with Crippen LogP contribution < -0.4 is 10.1 Å². The SMILES string of the molecule is CCOC(=O)c1c(CN2CCNCC2)n(-c2ccccc2)c2cc(Br)c(OC)cc12. The van der Waals surface area contributed by atoms with Crippen molar-refractivity contribution >= 4 is 32.8 Å². The van der Waals surface area contributed by atoms with Crippen molar-refractivity contribution in [2.24, 2.45) is 0 Å². The van der Waals surface area contributed by atoms with Gasteiger partial charge in [0.25, 0.3) is 0 Å². The molecule has 4 rings (SSSR count). The standard InChI is InChI=1S/C23H26BrN3O3/c1-3-30-23(28)22-17-13-21(29-2)18(24)14-19(17)27(16-7-5-4-6-8-16)20(22)15-26-11-9-25-10-12-26/h4-8,13-14,25H,3,9-12,15H2,1-2H3. The van der Waals surface area contributed by atoms with Gasteiger partial charge in [0, 0.05) is 43.8 Å². The number of carbonyl (C=O) groups excluding carboxylic acids is 1. The zero-order valence-electron chi connectivity index (χ0n) is 17.3. The van der Waals surface area contributed by atoms with Gasteiger partial charge in [-0.2, -0.15) is 0 Å². The molecule has 0 unspecified atom stereocenters. The van der Waals surface area contributed by atoms with Crippen LogP contribution in [0.5, 0.6) is 5.75 Å². The fraction of sp³-hybridized carbons (Fsp3) is 0.348. The third kappa shape index (κ3) is 3.97. The molecule has 3 aromatic rings. The molecule has 1 saturated heterocycles. The van der Waals surface area contributed by atoms with Gasteiger partial charge in [0.1, 0.15) is 5.75 Å². The monoisotopic (exact) mass is 471 g/mol. The lowest BCUT2D eigenvalue weighted by molar-refractivity contribution is 0.0525. The van der Waals surface area contributed by atoms with E-state index in [4.69, 9.17) is 9.47 Å². The molecule has 0 amide bonds. The Kier molecular flexibility index (Phi) is 6.41. The summed E-state index contributed by atoms with van der Waals surface area (Å²) in [6, 6.07) is 14.1. The molecule has 6 nitrogen and oxygen atoms in total. The molecule has 2 heterocycles. The highest BCUT2D eigenvalue weighted by atomic mass is 79.9. The first-order chi connectivity index (χ1) is 14.6. The number of halogens is 1. The smallest absolute Gasteiger partial charge is 0.340 e. The van der Waals surface area contributed by atoms with Gasteiger partial charge in [-0.1, -0.05) is 18.2 Å². The van der Waals surface area contributed by atoms with Gasteiger partial charge in [-0.05, 0) is 47.1 Å². The number of piperazine rings is 1. The Morgan fingerprint density at radius 2 is 1.90 bits per heavy atom. The van der Waals surface area contributed by atoms with E-state index in [9.17, 15) is 4.79 Å². The van der Waals surface area contributed by atoms with Crippen molar-refractivity contribution in [1.29, 1.82) is 0 Å². The molecule has 0 radical (unpaired) electrons. The number of fused-ring (bicyclic) bond motifs is 1. The number of nitrogens with zero attached hydrogens (tertiary/aromatic N) is 2. The van der Waals surface area contributed by atoms with Gasteiger partial charge in [0.15, 0.2) is 0 Å². The number of esters is 1. The van der Waals surface area contributed by atoms with Crippen molar-refractivity contribution in [3.63, 3.8) is 0 Å². The van der Waals surface area contributed by atoms with Crippen molar-refractivity contribution in [2.75, 3.05) is 39.9 Å². The number of benzene rings is 2. The molecule has 1 aromatic heterocycles. The number of hydrogen-bond acceptors (Lipinski definition) is 5. The van der Waals surface area contributed by atoms with Gasteiger partial charge in [0.2, 0.25) is 0 Å². The predicted octanol–water partition coefficient (Wildman–Crippen LogP) is 3.98. The Bertz CT molecular complexity index is 1040. The highest BCUT2D eigenvalue weighted by Crippen LogP contribution is 2.37. The van der Waals surface area contributed by atoms with Gasteiger partial charge in [-0.15, -0.1) is 0 Å². The molecule has 0 bridgehead atoms. The summed E-state index contributed by atoms with van der Waals surface area (Å²) in [5.41, 5.74) is 3.51. The van der Waals surface area contributed by atoms with E-state index >= 15 is 0 Å². The number of rotatable bonds is 6. The summed E-state index contributed by atoms with van der Waals surface area (Å²) < 4.78 is 14.0. The molecule has 0 spiro atoms. The van der Waals surface area contributed by atoms with Crippen LogP contribution in [0.4, 0.5) is 0 Å². The maximum Gasteiger partial charge on any atom is 0.340 e. The Balaban J connectivity index is 2.00. The number of hydrogen-bond donors (Lipinski definition) is 1. The molecule has 1 N–H and O–H groups in total. The molecular formula is C23H26BrN3O3. The van der Waals surface area contributed by atoms with Gasteiger partial charge >= 0.3 is 5.97 Å². The summed E-state index contributed by atoms with van der Waals surface area (Å²) in [5, 5.41) is 4.23. The van der Waals surface area contributed by atoms with Gasteiger partial charge in [0.05, 0.1) is 35.0 Å². The minimum atomic E-state index is -0.299. The molecule has 0 saturated carbocycles. The van der Waals surface area contributed by atoms with Crippen molar-refractivity contribution in [3.05, 3.63) is 58.2 Å². The first-order valence-electron chi connectivity index (χ1n) is 10.2. The third-order valence-electron chi connectivity index (χ3n) is 5.42. The first-order valence-corrected chi connectivity index (χ1v) is 11.0. The van der Waals surface area contributed by atoms with Crippen molar-refractivity contribution < 1.29 is 14.3 Å². The predicted molar refractivity (Wildman–Crippen MR) is 122 cm³/mol. The maximum absolute atomic E-state index is 13.1. The zero-order chi connectivity index (χ0) is 21.1. The average Bonchev–Trinajstić information content (AvgIpc) is 3.07. The first kappa shape index (κ1) is 20.9.